The minimum atomic E-state index is 0.0353. The van der Waals surface area contributed by atoms with Crippen LogP contribution < -0.4 is 10.2 Å². The molecule has 2 aliphatic rings. The third kappa shape index (κ3) is 2.68. The lowest BCUT2D eigenvalue weighted by Crippen LogP contribution is -2.35. The molecule has 0 radical (unpaired) electrons. The third-order valence-electron chi connectivity index (χ3n) is 6.40. The molecule has 0 unspecified atom stereocenters. The fraction of sp³-hybridized carbons (Fsp3) is 0.375. The summed E-state index contributed by atoms with van der Waals surface area (Å²) in [6.07, 6.45) is 7.75. The largest absolute Gasteiger partial charge is 0.490 e. The number of benzene rings is 2. The van der Waals surface area contributed by atoms with Crippen LogP contribution in [0.2, 0.25) is 0 Å². The van der Waals surface area contributed by atoms with E-state index >= 15 is 0 Å². The summed E-state index contributed by atoms with van der Waals surface area (Å²) in [4.78, 5) is 13.2. The maximum Gasteiger partial charge on any atom is 0.200 e. The number of hydrogen-bond donors (Lipinski definition) is 0. The van der Waals surface area contributed by atoms with E-state index < -0.39 is 0 Å². The topological polar surface area (TPSA) is 39.4 Å². The zero-order valence-corrected chi connectivity index (χ0v) is 15.9. The molecule has 5 rings (SSSR count). The van der Waals surface area contributed by atoms with E-state index in [4.69, 9.17) is 9.15 Å². The lowest BCUT2D eigenvalue weighted by atomic mass is 9.80. The van der Waals surface area contributed by atoms with Crippen LogP contribution in [0.1, 0.15) is 42.4 Å². The van der Waals surface area contributed by atoms with Gasteiger partial charge in [-0.3, -0.25) is 4.79 Å². The molecule has 1 aliphatic heterocycles. The molecule has 1 aliphatic carbocycles. The van der Waals surface area contributed by atoms with Crippen molar-refractivity contribution in [1.82, 2.24) is 0 Å². The minimum absolute atomic E-state index is 0.0353. The number of fused-ring (bicyclic) bond motifs is 4. The van der Waals surface area contributed by atoms with E-state index in [-0.39, 0.29) is 5.43 Å². The third-order valence-corrected chi connectivity index (χ3v) is 6.40. The monoisotopic (exact) mass is 360 g/mol. The van der Waals surface area contributed by atoms with Crippen LogP contribution >= 0.6 is 0 Å². The Morgan fingerprint density at radius 3 is 2.70 bits per heavy atom. The first kappa shape index (κ1) is 16.6. The lowest BCUT2D eigenvalue weighted by molar-refractivity contribution is 0.0755. The van der Waals surface area contributed by atoms with Crippen molar-refractivity contribution >= 4 is 11.0 Å². The van der Waals surface area contributed by atoms with Crippen molar-refractivity contribution in [2.75, 3.05) is 0 Å². The number of rotatable bonds is 1. The van der Waals surface area contributed by atoms with Crippen LogP contribution in [0.3, 0.4) is 0 Å². The van der Waals surface area contributed by atoms with Crippen LogP contribution in [0, 0.1) is 19.8 Å². The van der Waals surface area contributed by atoms with Gasteiger partial charge in [0.05, 0.1) is 10.9 Å². The molecule has 1 aromatic heterocycles. The number of ether oxygens (including phenoxy) is 1. The molecule has 0 amide bonds. The number of aryl methyl sites for hydroxylation is 2. The Hall–Kier alpha value is -2.55. The molecule has 3 aromatic rings. The highest BCUT2D eigenvalue weighted by atomic mass is 16.5. The summed E-state index contributed by atoms with van der Waals surface area (Å²) in [5.41, 5.74) is 5.74. The normalized spacial score (nSPS) is 21.4. The predicted octanol–water partition coefficient (Wildman–Crippen LogP) is 5.57. The summed E-state index contributed by atoms with van der Waals surface area (Å²) < 4.78 is 12.3. The van der Waals surface area contributed by atoms with Crippen LogP contribution in [-0.2, 0) is 6.42 Å². The van der Waals surface area contributed by atoms with Crippen molar-refractivity contribution in [2.24, 2.45) is 5.92 Å². The van der Waals surface area contributed by atoms with Crippen molar-refractivity contribution in [3.8, 4) is 16.9 Å². The minimum Gasteiger partial charge on any atom is -0.490 e. The van der Waals surface area contributed by atoms with Gasteiger partial charge in [-0.2, -0.15) is 0 Å². The maximum atomic E-state index is 13.2. The average molecular weight is 360 g/mol. The summed E-state index contributed by atoms with van der Waals surface area (Å²) >= 11 is 0. The van der Waals surface area contributed by atoms with Gasteiger partial charge >= 0.3 is 0 Å². The molecule has 3 nitrogen and oxygen atoms in total. The highest BCUT2D eigenvalue weighted by Gasteiger charge is 2.33. The van der Waals surface area contributed by atoms with Gasteiger partial charge in [0.25, 0.3) is 0 Å². The van der Waals surface area contributed by atoms with Crippen molar-refractivity contribution in [3.63, 3.8) is 0 Å². The Morgan fingerprint density at radius 1 is 1.00 bits per heavy atom. The van der Waals surface area contributed by atoms with Crippen LogP contribution in [-0.4, -0.2) is 6.10 Å². The molecule has 27 heavy (non-hydrogen) atoms. The van der Waals surface area contributed by atoms with Crippen molar-refractivity contribution in [2.45, 2.75) is 52.1 Å². The Bertz CT molecular complexity index is 1090. The highest BCUT2D eigenvalue weighted by molar-refractivity contribution is 5.86. The Kier molecular flexibility index (Phi) is 3.85. The molecule has 138 valence electrons. The van der Waals surface area contributed by atoms with Gasteiger partial charge in [-0.25, -0.2) is 0 Å². The SMILES string of the molecule is Cc1ccc(-c2coc3c4c(ccc3c2=O)O[C@@H]2CCCC[C@@H]2C4)cc1C. The zero-order valence-electron chi connectivity index (χ0n) is 15.9. The van der Waals surface area contributed by atoms with Gasteiger partial charge in [-0.15, -0.1) is 0 Å². The summed E-state index contributed by atoms with van der Waals surface area (Å²) in [5, 5.41) is 0.655. The smallest absolute Gasteiger partial charge is 0.200 e. The summed E-state index contributed by atoms with van der Waals surface area (Å²) in [5.74, 6) is 1.44. The van der Waals surface area contributed by atoms with Crippen molar-refractivity contribution < 1.29 is 9.15 Å². The van der Waals surface area contributed by atoms with Gasteiger partial charge in [-0.1, -0.05) is 24.6 Å². The summed E-state index contributed by atoms with van der Waals surface area (Å²) in [6.45, 7) is 4.14. The molecule has 0 bridgehead atoms. The molecule has 2 heterocycles. The first-order chi connectivity index (χ1) is 13.1. The Labute approximate surface area is 159 Å². The van der Waals surface area contributed by atoms with E-state index in [0.717, 1.165) is 29.7 Å². The van der Waals surface area contributed by atoms with Crippen LogP contribution in [0.15, 0.2) is 45.8 Å². The average Bonchev–Trinajstić information content (AvgIpc) is 2.69. The maximum absolute atomic E-state index is 13.2. The van der Waals surface area contributed by atoms with Gasteiger partial charge in [0, 0.05) is 11.5 Å². The lowest BCUT2D eigenvalue weighted by Gasteiger charge is -2.36. The van der Waals surface area contributed by atoms with Crippen LogP contribution in [0.25, 0.3) is 22.1 Å². The zero-order chi connectivity index (χ0) is 18.5. The first-order valence-corrected chi connectivity index (χ1v) is 9.93. The van der Waals surface area contributed by atoms with E-state index in [1.807, 2.05) is 18.2 Å². The van der Waals surface area contributed by atoms with Gasteiger partial charge in [-0.05, 0) is 68.4 Å². The van der Waals surface area contributed by atoms with E-state index in [1.54, 1.807) is 6.26 Å². The molecular weight excluding hydrogens is 336 g/mol. The molecule has 0 saturated heterocycles. The quantitative estimate of drug-likeness (QED) is 0.569. The van der Waals surface area contributed by atoms with Gasteiger partial charge < -0.3 is 9.15 Å². The van der Waals surface area contributed by atoms with Crippen LogP contribution in [0.4, 0.5) is 0 Å². The summed E-state index contributed by atoms with van der Waals surface area (Å²) in [6, 6.07) is 9.94. The molecule has 0 N–H and O–H groups in total. The Balaban J connectivity index is 1.64. The van der Waals surface area contributed by atoms with Crippen molar-refractivity contribution in [1.29, 1.82) is 0 Å². The van der Waals surface area contributed by atoms with E-state index in [1.165, 1.54) is 30.4 Å². The molecule has 0 spiro atoms. The van der Waals surface area contributed by atoms with E-state index in [2.05, 4.69) is 26.0 Å². The molecular formula is C24H24O3. The Morgan fingerprint density at radius 2 is 1.85 bits per heavy atom. The van der Waals surface area contributed by atoms with Crippen LogP contribution in [0.5, 0.6) is 5.75 Å². The second-order valence-corrected chi connectivity index (χ2v) is 8.10. The molecule has 2 aromatic carbocycles. The molecule has 1 saturated carbocycles. The van der Waals surface area contributed by atoms with E-state index in [9.17, 15) is 4.79 Å². The fourth-order valence-electron chi connectivity index (χ4n) is 4.64. The molecule has 2 atom stereocenters. The van der Waals surface area contributed by atoms with Gasteiger partial charge in [0.2, 0.25) is 5.43 Å². The second-order valence-electron chi connectivity index (χ2n) is 8.10. The first-order valence-electron chi connectivity index (χ1n) is 9.93. The van der Waals surface area contributed by atoms with Gasteiger partial charge in [0.15, 0.2) is 0 Å². The standard InChI is InChI=1S/C24H24O3/c1-14-7-8-16(11-15(14)2)20-13-26-24-18(23(20)25)9-10-22-19(24)12-17-5-3-4-6-21(17)27-22/h7-11,13,17,21H,3-6,12H2,1-2H3/t17-,21-/m1/s1. The predicted molar refractivity (Wildman–Crippen MR) is 107 cm³/mol. The van der Waals surface area contributed by atoms with Gasteiger partial charge in [0.1, 0.15) is 23.7 Å². The van der Waals surface area contributed by atoms with E-state index in [0.29, 0.717) is 28.6 Å². The highest BCUT2D eigenvalue weighted by Crippen LogP contribution is 2.41. The number of hydrogen-bond acceptors (Lipinski definition) is 3. The fourth-order valence-corrected chi connectivity index (χ4v) is 4.64. The second kappa shape index (κ2) is 6.26. The van der Waals surface area contributed by atoms with Crippen molar-refractivity contribution in [3.05, 3.63) is 63.5 Å². The molecule has 3 heteroatoms. The summed E-state index contributed by atoms with van der Waals surface area (Å²) in [7, 11) is 0. The molecule has 1 fully saturated rings.